The molecule has 0 bridgehead atoms. The minimum Gasteiger partial charge on any atom is -0.294 e. The van der Waals surface area contributed by atoms with E-state index in [0.29, 0.717) is 12.3 Å². The zero-order chi connectivity index (χ0) is 12.7. The summed E-state index contributed by atoms with van der Waals surface area (Å²) in [5.74, 6) is 0.568. The molecule has 1 atom stereocenters. The third-order valence-corrected chi connectivity index (χ3v) is 4.84. The number of thiophene rings is 1. The SMILES string of the molecule is Cc1ccsc1C1CC(=O)c2c(C)ccnc2C1. The second-order valence-electron chi connectivity index (χ2n) is 4.95. The van der Waals surface area contributed by atoms with Crippen molar-refractivity contribution < 1.29 is 4.79 Å². The number of carbonyl (C=O) groups excluding carboxylic acids is 1. The van der Waals surface area contributed by atoms with Gasteiger partial charge in [-0.15, -0.1) is 11.3 Å². The Kier molecular flexibility index (Phi) is 2.78. The number of hydrogen-bond donors (Lipinski definition) is 0. The van der Waals surface area contributed by atoms with Gasteiger partial charge in [0.15, 0.2) is 5.78 Å². The molecule has 0 N–H and O–H groups in total. The van der Waals surface area contributed by atoms with E-state index in [1.54, 1.807) is 11.3 Å². The molecule has 0 spiro atoms. The second kappa shape index (κ2) is 4.32. The fourth-order valence-corrected chi connectivity index (χ4v) is 3.80. The maximum Gasteiger partial charge on any atom is 0.165 e. The summed E-state index contributed by atoms with van der Waals surface area (Å²) in [4.78, 5) is 18.0. The van der Waals surface area contributed by atoms with E-state index in [0.717, 1.165) is 23.2 Å². The van der Waals surface area contributed by atoms with E-state index < -0.39 is 0 Å². The highest BCUT2D eigenvalue weighted by Gasteiger charge is 2.29. The lowest BCUT2D eigenvalue weighted by atomic mass is 9.82. The third kappa shape index (κ3) is 1.79. The van der Waals surface area contributed by atoms with Crippen LogP contribution in [-0.2, 0) is 6.42 Å². The molecule has 1 aliphatic carbocycles. The van der Waals surface area contributed by atoms with Crippen molar-refractivity contribution in [3.8, 4) is 0 Å². The van der Waals surface area contributed by atoms with Crippen LogP contribution in [0.4, 0.5) is 0 Å². The van der Waals surface area contributed by atoms with Crippen molar-refractivity contribution in [1.82, 2.24) is 4.98 Å². The summed E-state index contributed by atoms with van der Waals surface area (Å²) in [6, 6.07) is 4.05. The molecule has 3 rings (SSSR count). The van der Waals surface area contributed by atoms with E-state index in [4.69, 9.17) is 0 Å². The normalized spacial score (nSPS) is 18.8. The number of carbonyl (C=O) groups is 1. The molecule has 2 aromatic rings. The molecule has 2 nitrogen and oxygen atoms in total. The predicted molar refractivity (Wildman–Crippen MR) is 73.4 cm³/mol. The Balaban J connectivity index is 2.02. The number of aryl methyl sites for hydroxylation is 2. The molecular formula is C15H15NOS. The summed E-state index contributed by atoms with van der Waals surface area (Å²) < 4.78 is 0. The number of pyridine rings is 1. The standard InChI is InChI=1S/C15H15NOS/c1-9-3-5-16-12-7-11(8-13(17)14(9)12)15-10(2)4-6-18-15/h3-6,11H,7-8H2,1-2H3. The molecule has 1 aliphatic rings. The number of fused-ring (bicyclic) bond motifs is 1. The van der Waals surface area contributed by atoms with Gasteiger partial charge in [0, 0.05) is 29.0 Å². The van der Waals surface area contributed by atoms with E-state index in [1.807, 2.05) is 19.2 Å². The average molecular weight is 257 g/mol. The highest BCUT2D eigenvalue weighted by Crippen LogP contribution is 2.36. The third-order valence-electron chi connectivity index (χ3n) is 3.66. The van der Waals surface area contributed by atoms with Crippen molar-refractivity contribution in [2.24, 2.45) is 0 Å². The lowest BCUT2D eigenvalue weighted by molar-refractivity contribution is 0.0963. The summed E-state index contributed by atoms with van der Waals surface area (Å²) in [5.41, 5.74) is 4.20. The van der Waals surface area contributed by atoms with Gasteiger partial charge in [-0.2, -0.15) is 0 Å². The highest BCUT2D eigenvalue weighted by atomic mass is 32.1. The van der Waals surface area contributed by atoms with Gasteiger partial charge >= 0.3 is 0 Å². The van der Waals surface area contributed by atoms with Crippen LogP contribution < -0.4 is 0 Å². The molecule has 1 unspecified atom stereocenters. The fraction of sp³-hybridized carbons (Fsp3) is 0.333. The maximum atomic E-state index is 12.3. The molecule has 0 fully saturated rings. The summed E-state index contributed by atoms with van der Waals surface area (Å²) >= 11 is 1.76. The number of ketones is 1. The minimum absolute atomic E-state index is 0.250. The van der Waals surface area contributed by atoms with E-state index in [9.17, 15) is 4.79 Å². The molecule has 0 saturated carbocycles. The Morgan fingerprint density at radius 3 is 2.78 bits per heavy atom. The lowest BCUT2D eigenvalue weighted by Gasteiger charge is -2.23. The fourth-order valence-electron chi connectivity index (χ4n) is 2.77. The van der Waals surface area contributed by atoms with Crippen LogP contribution in [0.1, 0.15) is 44.4 Å². The molecule has 0 aliphatic heterocycles. The summed E-state index contributed by atoms with van der Waals surface area (Å²) in [6.07, 6.45) is 3.33. The van der Waals surface area contributed by atoms with Crippen molar-refractivity contribution in [3.05, 3.63) is 51.0 Å². The number of hydrogen-bond acceptors (Lipinski definition) is 3. The molecule has 2 heterocycles. The lowest BCUT2D eigenvalue weighted by Crippen LogP contribution is -2.21. The van der Waals surface area contributed by atoms with E-state index in [1.165, 1.54) is 10.4 Å². The van der Waals surface area contributed by atoms with Crippen LogP contribution in [0.25, 0.3) is 0 Å². The van der Waals surface area contributed by atoms with E-state index >= 15 is 0 Å². The largest absolute Gasteiger partial charge is 0.294 e. The molecule has 0 saturated heterocycles. The van der Waals surface area contributed by atoms with Gasteiger partial charge in [0.2, 0.25) is 0 Å². The van der Waals surface area contributed by atoms with Crippen LogP contribution in [-0.4, -0.2) is 10.8 Å². The minimum atomic E-state index is 0.250. The first-order valence-corrected chi connectivity index (χ1v) is 7.06. The van der Waals surface area contributed by atoms with Crippen LogP contribution in [0.15, 0.2) is 23.7 Å². The number of rotatable bonds is 1. The summed E-state index contributed by atoms with van der Waals surface area (Å²) in [7, 11) is 0. The van der Waals surface area contributed by atoms with Gasteiger partial charge in [-0.05, 0) is 48.9 Å². The van der Waals surface area contributed by atoms with Gasteiger partial charge in [0.05, 0.1) is 5.69 Å². The van der Waals surface area contributed by atoms with Gasteiger partial charge < -0.3 is 0 Å². The second-order valence-corrected chi connectivity index (χ2v) is 5.89. The van der Waals surface area contributed by atoms with Crippen molar-refractivity contribution in [3.63, 3.8) is 0 Å². The van der Waals surface area contributed by atoms with Gasteiger partial charge in [-0.1, -0.05) is 0 Å². The zero-order valence-corrected chi connectivity index (χ0v) is 11.4. The van der Waals surface area contributed by atoms with Gasteiger partial charge in [-0.3, -0.25) is 9.78 Å². The van der Waals surface area contributed by atoms with E-state index in [-0.39, 0.29) is 5.78 Å². The van der Waals surface area contributed by atoms with Crippen LogP contribution in [0.5, 0.6) is 0 Å². The van der Waals surface area contributed by atoms with Crippen LogP contribution >= 0.6 is 11.3 Å². The first-order valence-electron chi connectivity index (χ1n) is 6.18. The summed E-state index contributed by atoms with van der Waals surface area (Å²) in [6.45, 7) is 4.12. The number of nitrogens with zero attached hydrogens (tertiary/aromatic N) is 1. The van der Waals surface area contributed by atoms with Crippen molar-refractivity contribution in [2.45, 2.75) is 32.6 Å². The zero-order valence-electron chi connectivity index (χ0n) is 10.6. The van der Waals surface area contributed by atoms with Crippen LogP contribution in [0.3, 0.4) is 0 Å². The maximum absolute atomic E-state index is 12.3. The van der Waals surface area contributed by atoms with Crippen LogP contribution in [0, 0.1) is 13.8 Å². The highest BCUT2D eigenvalue weighted by molar-refractivity contribution is 7.10. The molecule has 92 valence electrons. The Morgan fingerprint density at radius 1 is 1.22 bits per heavy atom. The van der Waals surface area contributed by atoms with Crippen LogP contribution in [0.2, 0.25) is 0 Å². The number of Topliss-reactive ketones (excluding diaryl/α,β-unsaturated/α-hetero) is 1. The van der Waals surface area contributed by atoms with E-state index in [2.05, 4.69) is 23.4 Å². The smallest absolute Gasteiger partial charge is 0.165 e. The van der Waals surface area contributed by atoms with Gasteiger partial charge in [0.1, 0.15) is 0 Å². The van der Waals surface area contributed by atoms with Gasteiger partial charge in [0.25, 0.3) is 0 Å². The molecule has 0 aromatic carbocycles. The van der Waals surface area contributed by atoms with Crippen molar-refractivity contribution in [1.29, 1.82) is 0 Å². The molecular weight excluding hydrogens is 242 g/mol. The average Bonchev–Trinajstić information content (AvgIpc) is 2.75. The van der Waals surface area contributed by atoms with Crippen molar-refractivity contribution >= 4 is 17.1 Å². The Labute approximate surface area is 111 Å². The Hall–Kier alpha value is -1.48. The predicted octanol–water partition coefficient (Wildman–Crippen LogP) is 3.67. The van der Waals surface area contributed by atoms with Gasteiger partial charge in [-0.25, -0.2) is 0 Å². The molecule has 3 heteroatoms. The van der Waals surface area contributed by atoms with Crippen molar-refractivity contribution in [2.75, 3.05) is 0 Å². The molecule has 2 aromatic heterocycles. The molecule has 18 heavy (non-hydrogen) atoms. The quantitative estimate of drug-likeness (QED) is 0.780. The monoisotopic (exact) mass is 257 g/mol. The first-order chi connectivity index (χ1) is 8.66. The molecule has 0 radical (unpaired) electrons. The topological polar surface area (TPSA) is 30.0 Å². The Bertz CT molecular complexity index is 615. The Morgan fingerprint density at radius 2 is 2.06 bits per heavy atom. The first kappa shape index (κ1) is 11.6. The number of aromatic nitrogens is 1. The summed E-state index contributed by atoms with van der Waals surface area (Å²) in [5, 5.41) is 2.11. The molecule has 0 amide bonds.